The van der Waals surface area contributed by atoms with E-state index in [4.69, 9.17) is 15.9 Å². The molecule has 7 heteroatoms. The lowest BCUT2D eigenvalue weighted by molar-refractivity contribution is -0.187. The summed E-state index contributed by atoms with van der Waals surface area (Å²) in [7, 11) is 0. The van der Waals surface area contributed by atoms with Gasteiger partial charge in [0.2, 0.25) is 5.91 Å². The minimum Gasteiger partial charge on any atom is -0.347 e. The summed E-state index contributed by atoms with van der Waals surface area (Å²) < 4.78 is 11.5. The Hall–Kier alpha value is -3.47. The van der Waals surface area contributed by atoms with Gasteiger partial charge >= 0.3 is 0 Å². The Kier molecular flexibility index (Phi) is 5.48. The zero-order chi connectivity index (χ0) is 22.0. The van der Waals surface area contributed by atoms with Crippen LogP contribution >= 0.6 is 0 Å². The predicted octanol–water partition coefficient (Wildman–Crippen LogP) is 3.26. The van der Waals surface area contributed by atoms with E-state index in [9.17, 15) is 4.79 Å². The van der Waals surface area contributed by atoms with Crippen LogP contribution in [0.15, 0.2) is 48.8 Å². The van der Waals surface area contributed by atoms with Crippen molar-refractivity contribution in [1.82, 2.24) is 14.9 Å². The molecule has 1 spiro atoms. The number of fused-ring (bicyclic) bond motifs is 1. The monoisotopic (exact) mass is 428 g/mol. The first-order valence-corrected chi connectivity index (χ1v) is 10.8. The highest BCUT2D eigenvalue weighted by molar-refractivity contribution is 5.92. The third-order valence-corrected chi connectivity index (χ3v) is 6.04. The van der Waals surface area contributed by atoms with Crippen molar-refractivity contribution in [3.05, 3.63) is 59.9 Å². The molecule has 2 aliphatic heterocycles. The molecular formula is C25H24N4O3. The van der Waals surface area contributed by atoms with Gasteiger partial charge in [-0.15, -0.1) is 6.42 Å². The van der Waals surface area contributed by atoms with E-state index in [0.717, 1.165) is 40.6 Å². The van der Waals surface area contributed by atoms with Crippen molar-refractivity contribution >= 4 is 28.3 Å². The third-order valence-electron chi connectivity index (χ3n) is 6.04. The number of hydrogen-bond donors (Lipinski definition) is 1. The first-order chi connectivity index (χ1) is 15.6. The van der Waals surface area contributed by atoms with Crippen molar-refractivity contribution < 1.29 is 14.3 Å². The Balaban J connectivity index is 1.32. The lowest BCUT2D eigenvalue weighted by atomic mass is 10.0. The molecule has 2 saturated heterocycles. The van der Waals surface area contributed by atoms with Crippen molar-refractivity contribution in [2.24, 2.45) is 0 Å². The van der Waals surface area contributed by atoms with Gasteiger partial charge in [-0.1, -0.05) is 18.1 Å². The molecular weight excluding hydrogens is 404 g/mol. The molecule has 3 aromatic rings. The van der Waals surface area contributed by atoms with Gasteiger partial charge in [-0.3, -0.25) is 4.79 Å². The second-order valence-electron chi connectivity index (χ2n) is 8.09. The molecule has 2 aromatic carbocycles. The highest BCUT2D eigenvalue weighted by Gasteiger charge is 2.40. The van der Waals surface area contributed by atoms with E-state index in [1.54, 1.807) is 0 Å². The van der Waals surface area contributed by atoms with E-state index in [2.05, 4.69) is 21.2 Å². The number of aromatic nitrogens is 2. The van der Waals surface area contributed by atoms with E-state index in [1.165, 1.54) is 6.33 Å². The van der Waals surface area contributed by atoms with Gasteiger partial charge < -0.3 is 19.7 Å². The number of terminal acetylenes is 1. The van der Waals surface area contributed by atoms with Crippen molar-refractivity contribution in [3.63, 3.8) is 0 Å². The molecule has 7 nitrogen and oxygen atoms in total. The van der Waals surface area contributed by atoms with Crippen molar-refractivity contribution in [3.8, 4) is 12.3 Å². The van der Waals surface area contributed by atoms with Crippen LogP contribution in [0.4, 0.5) is 11.5 Å². The lowest BCUT2D eigenvalue weighted by Gasteiger charge is -2.37. The van der Waals surface area contributed by atoms with Gasteiger partial charge in [0.05, 0.1) is 25.2 Å². The molecule has 5 rings (SSSR count). The Bertz CT molecular complexity index is 1190. The Morgan fingerprint density at radius 1 is 1.12 bits per heavy atom. The number of likely N-dealkylation sites (tertiary alicyclic amines) is 1. The second-order valence-corrected chi connectivity index (χ2v) is 8.09. The van der Waals surface area contributed by atoms with Crippen LogP contribution in [0.25, 0.3) is 10.9 Å². The van der Waals surface area contributed by atoms with Gasteiger partial charge in [-0.05, 0) is 35.9 Å². The molecule has 0 atom stereocenters. The SMILES string of the molecule is C#Cc1cccc(Nc2ncnc3ccc(CC(=O)N4CCC5(CC4)OCCO5)cc23)c1. The van der Waals surface area contributed by atoms with Gasteiger partial charge in [0, 0.05) is 42.6 Å². The fourth-order valence-electron chi connectivity index (χ4n) is 4.31. The number of anilines is 2. The van der Waals surface area contributed by atoms with Crippen LogP contribution in [0.2, 0.25) is 0 Å². The maximum Gasteiger partial charge on any atom is 0.226 e. The third kappa shape index (κ3) is 4.15. The maximum absolute atomic E-state index is 12.9. The quantitative estimate of drug-likeness (QED) is 0.643. The van der Waals surface area contributed by atoms with Crippen LogP contribution in [0, 0.1) is 12.3 Å². The van der Waals surface area contributed by atoms with Gasteiger partial charge in [-0.2, -0.15) is 0 Å². The highest BCUT2D eigenvalue weighted by Crippen LogP contribution is 2.31. The summed E-state index contributed by atoms with van der Waals surface area (Å²) in [5.41, 5.74) is 3.37. The molecule has 0 bridgehead atoms. The summed E-state index contributed by atoms with van der Waals surface area (Å²) in [5.74, 6) is 2.94. The topological polar surface area (TPSA) is 76.6 Å². The van der Waals surface area contributed by atoms with Gasteiger partial charge in [0.15, 0.2) is 5.79 Å². The van der Waals surface area contributed by atoms with Crippen molar-refractivity contribution in [2.75, 3.05) is 31.6 Å². The number of benzene rings is 2. The zero-order valence-corrected chi connectivity index (χ0v) is 17.7. The number of carbonyl (C=O) groups excluding carboxylic acids is 1. The van der Waals surface area contributed by atoms with Crippen LogP contribution in [-0.4, -0.2) is 52.9 Å². The second kappa shape index (κ2) is 8.58. The van der Waals surface area contributed by atoms with E-state index < -0.39 is 5.79 Å². The number of piperidine rings is 1. The summed E-state index contributed by atoms with van der Waals surface area (Å²) in [4.78, 5) is 23.6. The summed E-state index contributed by atoms with van der Waals surface area (Å²) in [6, 6.07) is 13.5. The van der Waals surface area contributed by atoms with E-state index in [0.29, 0.717) is 38.5 Å². The molecule has 0 radical (unpaired) electrons. The maximum atomic E-state index is 12.9. The fraction of sp³-hybridized carbons (Fsp3) is 0.320. The van der Waals surface area contributed by atoms with Crippen LogP contribution in [-0.2, 0) is 20.7 Å². The van der Waals surface area contributed by atoms with Gasteiger partial charge in [-0.25, -0.2) is 9.97 Å². The zero-order valence-electron chi connectivity index (χ0n) is 17.7. The fourth-order valence-corrected chi connectivity index (χ4v) is 4.31. The van der Waals surface area contributed by atoms with Crippen LogP contribution in [0.5, 0.6) is 0 Å². The molecule has 0 aliphatic carbocycles. The molecule has 2 fully saturated rings. The Morgan fingerprint density at radius 2 is 1.94 bits per heavy atom. The summed E-state index contributed by atoms with van der Waals surface area (Å²) >= 11 is 0. The average Bonchev–Trinajstić information content (AvgIpc) is 3.28. The van der Waals surface area contributed by atoms with Crippen LogP contribution in [0.1, 0.15) is 24.0 Å². The van der Waals surface area contributed by atoms with E-state index in [1.807, 2.05) is 47.4 Å². The standard InChI is InChI=1S/C25H24N4O3/c1-2-18-4-3-5-20(14-18)28-24-21-15-19(6-7-22(21)26-17-27-24)16-23(30)29-10-8-25(9-11-29)31-12-13-32-25/h1,3-7,14-15,17H,8-13,16H2,(H,26,27,28). The molecule has 1 aromatic heterocycles. The average molecular weight is 428 g/mol. The molecule has 1 N–H and O–H groups in total. The largest absolute Gasteiger partial charge is 0.347 e. The first-order valence-electron chi connectivity index (χ1n) is 10.8. The van der Waals surface area contributed by atoms with Crippen molar-refractivity contribution in [2.45, 2.75) is 25.0 Å². The molecule has 1 amide bonds. The number of hydrogen-bond acceptors (Lipinski definition) is 6. The van der Waals surface area contributed by atoms with E-state index >= 15 is 0 Å². The normalized spacial score (nSPS) is 17.4. The highest BCUT2D eigenvalue weighted by atomic mass is 16.7. The molecule has 2 aliphatic rings. The number of amides is 1. The molecule has 0 saturated carbocycles. The minimum absolute atomic E-state index is 0.102. The van der Waals surface area contributed by atoms with Crippen LogP contribution < -0.4 is 5.32 Å². The Morgan fingerprint density at radius 3 is 2.72 bits per heavy atom. The number of nitrogens with zero attached hydrogens (tertiary/aromatic N) is 3. The lowest BCUT2D eigenvalue weighted by Crippen LogP contribution is -2.47. The smallest absolute Gasteiger partial charge is 0.226 e. The van der Waals surface area contributed by atoms with Gasteiger partial charge in [0.25, 0.3) is 0 Å². The number of ether oxygens (including phenoxy) is 2. The summed E-state index contributed by atoms with van der Waals surface area (Å²) in [6.07, 6.45) is 8.80. The predicted molar refractivity (Wildman–Crippen MR) is 121 cm³/mol. The van der Waals surface area contributed by atoms with Crippen molar-refractivity contribution in [1.29, 1.82) is 0 Å². The number of carbonyl (C=O) groups is 1. The summed E-state index contributed by atoms with van der Waals surface area (Å²) in [5, 5.41) is 4.18. The van der Waals surface area contributed by atoms with Gasteiger partial charge in [0.1, 0.15) is 12.1 Å². The molecule has 3 heterocycles. The first kappa shape index (κ1) is 20.4. The van der Waals surface area contributed by atoms with E-state index in [-0.39, 0.29) is 5.91 Å². The number of nitrogens with one attached hydrogen (secondary N) is 1. The van der Waals surface area contributed by atoms with Crippen LogP contribution in [0.3, 0.4) is 0 Å². The summed E-state index contributed by atoms with van der Waals surface area (Å²) in [6.45, 7) is 2.56. The minimum atomic E-state index is -0.478. The molecule has 0 unspecified atom stereocenters. The molecule has 162 valence electrons. The molecule has 32 heavy (non-hydrogen) atoms. The Labute approximate surface area is 186 Å². The number of rotatable bonds is 4.